The van der Waals surface area contributed by atoms with Crippen LogP contribution >= 0.6 is 0 Å². The Morgan fingerprint density at radius 1 is 1.53 bits per heavy atom. The highest BCUT2D eigenvalue weighted by atomic mass is 16.5. The number of ether oxygens (including phenoxy) is 1. The molecule has 96 valence electrons. The van der Waals surface area contributed by atoms with Gasteiger partial charge >= 0.3 is 0 Å². The van der Waals surface area contributed by atoms with Crippen LogP contribution in [0.5, 0.6) is 0 Å². The van der Waals surface area contributed by atoms with E-state index in [0.717, 1.165) is 50.9 Å². The number of nitrogens with zero attached hydrogens (tertiary/aromatic N) is 2. The van der Waals surface area contributed by atoms with E-state index in [9.17, 15) is 0 Å². The highest BCUT2D eigenvalue weighted by Gasteiger charge is 2.22. The van der Waals surface area contributed by atoms with Crippen molar-refractivity contribution in [2.24, 2.45) is 0 Å². The number of hydrogen-bond donors (Lipinski definition) is 1. The van der Waals surface area contributed by atoms with Gasteiger partial charge in [-0.25, -0.2) is 0 Å². The number of rotatable bonds is 5. The van der Waals surface area contributed by atoms with Crippen molar-refractivity contribution in [3.63, 3.8) is 0 Å². The summed E-state index contributed by atoms with van der Waals surface area (Å²) in [6.07, 6.45) is 3.06. The quantitative estimate of drug-likeness (QED) is 0.841. The Labute approximate surface area is 102 Å². The van der Waals surface area contributed by atoms with Gasteiger partial charge in [-0.3, -0.25) is 0 Å². The summed E-state index contributed by atoms with van der Waals surface area (Å²) in [5.74, 6) is 0. The lowest BCUT2D eigenvalue weighted by molar-refractivity contribution is 0.0367. The molecular weight excluding hydrogens is 218 g/mol. The minimum atomic E-state index is 0.299. The van der Waals surface area contributed by atoms with Crippen LogP contribution in [0.15, 0.2) is 10.7 Å². The molecule has 0 spiro atoms. The Kier molecular flexibility index (Phi) is 4.39. The van der Waals surface area contributed by atoms with Gasteiger partial charge in [-0.05, 0) is 13.0 Å². The topological polar surface area (TPSA) is 50.5 Å². The Bertz CT molecular complexity index is 340. The Morgan fingerprint density at radius 3 is 3.18 bits per heavy atom. The molecule has 1 atom stereocenters. The van der Waals surface area contributed by atoms with Crippen LogP contribution in [0, 0.1) is 0 Å². The molecule has 1 aromatic heterocycles. The van der Waals surface area contributed by atoms with Gasteiger partial charge in [-0.15, -0.1) is 0 Å². The molecule has 0 amide bonds. The molecule has 1 aliphatic heterocycles. The van der Waals surface area contributed by atoms with Gasteiger partial charge < -0.3 is 19.4 Å². The summed E-state index contributed by atoms with van der Waals surface area (Å²) in [7, 11) is 0. The molecule has 5 nitrogen and oxygen atoms in total. The van der Waals surface area contributed by atoms with E-state index >= 15 is 0 Å². The van der Waals surface area contributed by atoms with Crippen LogP contribution in [0.2, 0.25) is 0 Å². The largest absolute Gasteiger partial charge is 0.432 e. The number of anilines is 1. The van der Waals surface area contributed by atoms with E-state index in [0.29, 0.717) is 6.10 Å². The number of nitrogens with one attached hydrogen (secondary N) is 1. The fourth-order valence-electron chi connectivity index (χ4n) is 1.92. The molecule has 1 aliphatic rings. The third kappa shape index (κ3) is 3.20. The zero-order valence-electron chi connectivity index (χ0n) is 10.6. The third-order valence-corrected chi connectivity index (χ3v) is 2.96. The van der Waals surface area contributed by atoms with E-state index in [1.54, 1.807) is 6.26 Å². The maximum atomic E-state index is 5.63. The number of oxazole rings is 1. The Balaban J connectivity index is 1.94. The zero-order chi connectivity index (χ0) is 12.1. The van der Waals surface area contributed by atoms with Crippen LogP contribution in [0.25, 0.3) is 0 Å². The SMILES string of the molecule is CCNCc1coc(N2CCOC(CC)C2)n1. The van der Waals surface area contributed by atoms with Crippen molar-refractivity contribution >= 4 is 6.01 Å². The molecule has 2 rings (SSSR count). The maximum Gasteiger partial charge on any atom is 0.297 e. The molecule has 5 heteroatoms. The van der Waals surface area contributed by atoms with E-state index in [-0.39, 0.29) is 0 Å². The predicted octanol–water partition coefficient (Wildman–Crippen LogP) is 1.40. The summed E-state index contributed by atoms with van der Waals surface area (Å²) in [4.78, 5) is 6.64. The first-order valence-electron chi connectivity index (χ1n) is 6.35. The molecule has 0 bridgehead atoms. The number of morpholine rings is 1. The zero-order valence-corrected chi connectivity index (χ0v) is 10.6. The first kappa shape index (κ1) is 12.4. The smallest absolute Gasteiger partial charge is 0.297 e. The number of aromatic nitrogens is 1. The minimum Gasteiger partial charge on any atom is -0.432 e. The van der Waals surface area contributed by atoms with Crippen molar-refractivity contribution in [1.82, 2.24) is 10.3 Å². The monoisotopic (exact) mass is 239 g/mol. The maximum absolute atomic E-state index is 5.63. The van der Waals surface area contributed by atoms with Crippen LogP contribution in [-0.2, 0) is 11.3 Å². The second-order valence-corrected chi connectivity index (χ2v) is 4.25. The second-order valence-electron chi connectivity index (χ2n) is 4.25. The van der Waals surface area contributed by atoms with Crippen molar-refractivity contribution in [2.45, 2.75) is 32.9 Å². The summed E-state index contributed by atoms with van der Waals surface area (Å²) < 4.78 is 11.1. The van der Waals surface area contributed by atoms with Crippen LogP contribution in [0.1, 0.15) is 26.0 Å². The highest BCUT2D eigenvalue weighted by molar-refractivity contribution is 5.28. The predicted molar refractivity (Wildman–Crippen MR) is 66.1 cm³/mol. The number of hydrogen-bond acceptors (Lipinski definition) is 5. The molecule has 0 aromatic carbocycles. The molecule has 1 aromatic rings. The molecule has 1 fully saturated rings. The lowest BCUT2D eigenvalue weighted by atomic mass is 10.2. The molecule has 1 unspecified atom stereocenters. The van der Waals surface area contributed by atoms with Gasteiger partial charge in [-0.2, -0.15) is 4.98 Å². The van der Waals surface area contributed by atoms with Crippen molar-refractivity contribution in [3.05, 3.63) is 12.0 Å². The second kappa shape index (κ2) is 6.02. The standard InChI is InChI=1S/C12H21N3O2/c1-3-11-8-15(5-6-16-11)12-14-10(9-17-12)7-13-4-2/h9,11,13H,3-8H2,1-2H3. The van der Waals surface area contributed by atoms with Gasteiger partial charge in [-0.1, -0.05) is 13.8 Å². The molecular formula is C12H21N3O2. The van der Waals surface area contributed by atoms with Crippen LogP contribution in [0.3, 0.4) is 0 Å². The van der Waals surface area contributed by atoms with Crippen LogP contribution in [-0.4, -0.2) is 37.3 Å². The minimum absolute atomic E-state index is 0.299. The van der Waals surface area contributed by atoms with Crippen molar-refractivity contribution in [1.29, 1.82) is 0 Å². The lowest BCUT2D eigenvalue weighted by Crippen LogP contribution is -2.42. The summed E-state index contributed by atoms with van der Waals surface area (Å²) >= 11 is 0. The van der Waals surface area contributed by atoms with Crippen molar-refractivity contribution in [3.8, 4) is 0 Å². The fourth-order valence-corrected chi connectivity index (χ4v) is 1.92. The van der Waals surface area contributed by atoms with E-state index in [1.807, 2.05) is 0 Å². The van der Waals surface area contributed by atoms with E-state index in [4.69, 9.17) is 9.15 Å². The van der Waals surface area contributed by atoms with E-state index in [1.165, 1.54) is 0 Å². The Morgan fingerprint density at radius 2 is 2.41 bits per heavy atom. The molecule has 0 saturated carbocycles. The summed E-state index contributed by atoms with van der Waals surface area (Å²) in [5.41, 5.74) is 0.960. The van der Waals surface area contributed by atoms with Gasteiger partial charge in [0.05, 0.1) is 18.4 Å². The summed E-state index contributed by atoms with van der Waals surface area (Å²) in [6.45, 7) is 8.41. The average Bonchev–Trinajstić information content (AvgIpc) is 2.85. The van der Waals surface area contributed by atoms with E-state index in [2.05, 4.69) is 29.0 Å². The molecule has 0 aliphatic carbocycles. The van der Waals surface area contributed by atoms with Crippen molar-refractivity contribution in [2.75, 3.05) is 31.1 Å². The molecule has 2 heterocycles. The van der Waals surface area contributed by atoms with Gasteiger partial charge in [0, 0.05) is 19.6 Å². The Hall–Kier alpha value is -1.07. The molecule has 17 heavy (non-hydrogen) atoms. The summed E-state index contributed by atoms with van der Waals surface area (Å²) in [5, 5.41) is 3.24. The van der Waals surface area contributed by atoms with Gasteiger partial charge in [0.2, 0.25) is 0 Å². The molecule has 1 N–H and O–H groups in total. The highest BCUT2D eigenvalue weighted by Crippen LogP contribution is 2.18. The molecule has 1 saturated heterocycles. The first-order valence-corrected chi connectivity index (χ1v) is 6.35. The lowest BCUT2D eigenvalue weighted by Gasteiger charge is -2.31. The fraction of sp³-hybridized carbons (Fsp3) is 0.750. The molecule has 0 radical (unpaired) electrons. The van der Waals surface area contributed by atoms with Gasteiger partial charge in [0.1, 0.15) is 6.26 Å². The van der Waals surface area contributed by atoms with Gasteiger partial charge in [0.15, 0.2) is 0 Å². The third-order valence-electron chi connectivity index (χ3n) is 2.96. The van der Waals surface area contributed by atoms with Crippen LogP contribution in [0.4, 0.5) is 6.01 Å². The van der Waals surface area contributed by atoms with Gasteiger partial charge in [0.25, 0.3) is 6.01 Å². The van der Waals surface area contributed by atoms with E-state index < -0.39 is 0 Å². The average molecular weight is 239 g/mol. The van der Waals surface area contributed by atoms with Crippen LogP contribution < -0.4 is 10.2 Å². The van der Waals surface area contributed by atoms with Crippen molar-refractivity contribution < 1.29 is 9.15 Å². The first-order chi connectivity index (χ1) is 8.33. The summed E-state index contributed by atoms with van der Waals surface area (Å²) in [6, 6.07) is 0.722. The normalized spacial score (nSPS) is 20.8.